The molecule has 0 aromatic heterocycles. The van der Waals surface area contributed by atoms with Crippen molar-refractivity contribution in [3.8, 4) is 0 Å². The van der Waals surface area contributed by atoms with Gasteiger partial charge in [-0.1, -0.05) is 0 Å². The van der Waals surface area contributed by atoms with E-state index >= 15 is 0 Å². The van der Waals surface area contributed by atoms with Crippen LogP contribution in [0, 0.1) is 0 Å². The van der Waals surface area contributed by atoms with Gasteiger partial charge in [0.15, 0.2) is 0 Å². The summed E-state index contributed by atoms with van der Waals surface area (Å²) < 4.78 is 0. The third kappa shape index (κ3) is 9.65. The first-order chi connectivity index (χ1) is 7.35. The van der Waals surface area contributed by atoms with Gasteiger partial charge in [-0.25, -0.2) is 0 Å². The number of hydrogen-bond acceptors (Lipinski definition) is 5. The van der Waals surface area contributed by atoms with Crippen LogP contribution in [0.4, 0.5) is 0 Å². The largest absolute Gasteiger partial charge is 0.318 e. The highest BCUT2D eigenvalue weighted by Gasteiger charge is 1.88. The predicted molar refractivity (Wildman–Crippen MR) is 71.3 cm³/mol. The van der Waals surface area contributed by atoms with Crippen LogP contribution in [0.25, 0.3) is 0 Å². The van der Waals surface area contributed by atoms with Crippen LogP contribution >= 0.6 is 11.8 Å². The number of aliphatic imine (C=N–C) groups is 2. The molecule has 0 amide bonds. The van der Waals surface area contributed by atoms with E-state index in [1.165, 1.54) is 0 Å². The minimum absolute atomic E-state index is 0.790. The summed E-state index contributed by atoms with van der Waals surface area (Å²) in [5.41, 5.74) is 0. The molecule has 0 atom stereocenters. The highest BCUT2D eigenvalue weighted by Crippen LogP contribution is 2.07. The fourth-order valence-electron chi connectivity index (χ4n) is 0.865. The van der Waals surface area contributed by atoms with Gasteiger partial charge in [-0.15, -0.1) is 11.8 Å². The zero-order valence-corrected chi connectivity index (χ0v) is 10.3. The molecule has 0 saturated heterocycles. The molecule has 86 valence electrons. The average Bonchev–Trinajstić information content (AvgIpc) is 2.26. The van der Waals surface area contributed by atoms with Crippen molar-refractivity contribution in [3.05, 3.63) is 11.1 Å². The monoisotopic (exact) mass is 228 g/mol. The molecule has 0 bridgehead atoms. The van der Waals surface area contributed by atoms with E-state index in [4.69, 9.17) is 0 Å². The quantitative estimate of drug-likeness (QED) is 0.453. The highest BCUT2D eigenvalue weighted by atomic mass is 32.2. The van der Waals surface area contributed by atoms with Crippen molar-refractivity contribution in [2.24, 2.45) is 9.98 Å². The molecule has 0 rings (SSSR count). The lowest BCUT2D eigenvalue weighted by Crippen LogP contribution is -2.26. The van der Waals surface area contributed by atoms with E-state index in [1.54, 1.807) is 18.0 Å². The molecular formula is C10H20N4S. The van der Waals surface area contributed by atoms with Gasteiger partial charge in [0, 0.05) is 37.0 Å². The number of likely N-dealkylation sites (N-methyl/N-ethyl adjacent to an activating group) is 1. The molecule has 0 unspecified atom stereocenters. The van der Waals surface area contributed by atoms with Gasteiger partial charge in [-0.3, -0.25) is 9.98 Å². The molecule has 0 radical (unpaired) electrons. The standard InChI is InChI=1S/C10H20N4S/c1-11-4-5-13-6-7-14-9-10(15-3)8-12-2/h8-9,11,13H,2,4-7H2,1,3H3/b10-8+,14-9-. The molecule has 0 aliphatic carbocycles. The maximum Gasteiger partial charge on any atom is 0.0514 e. The topological polar surface area (TPSA) is 48.8 Å². The van der Waals surface area contributed by atoms with Gasteiger partial charge < -0.3 is 10.6 Å². The van der Waals surface area contributed by atoms with Gasteiger partial charge in [0.1, 0.15) is 0 Å². The lowest BCUT2D eigenvalue weighted by molar-refractivity contribution is 0.655. The van der Waals surface area contributed by atoms with E-state index in [-0.39, 0.29) is 0 Å². The number of nitrogens with one attached hydrogen (secondary N) is 2. The van der Waals surface area contributed by atoms with Gasteiger partial charge >= 0.3 is 0 Å². The minimum atomic E-state index is 0.790. The summed E-state index contributed by atoms with van der Waals surface area (Å²) in [6, 6.07) is 0. The second-order valence-electron chi connectivity index (χ2n) is 2.81. The Morgan fingerprint density at radius 2 is 2.20 bits per heavy atom. The summed E-state index contributed by atoms with van der Waals surface area (Å²) in [7, 11) is 1.94. The van der Waals surface area contributed by atoms with Crippen molar-refractivity contribution in [1.29, 1.82) is 0 Å². The summed E-state index contributed by atoms with van der Waals surface area (Å²) in [4.78, 5) is 9.00. The lowest BCUT2D eigenvalue weighted by atomic mass is 10.5. The van der Waals surface area contributed by atoms with Crippen molar-refractivity contribution >= 4 is 24.7 Å². The van der Waals surface area contributed by atoms with Crippen LogP contribution in [-0.4, -0.2) is 52.4 Å². The zero-order chi connectivity index (χ0) is 11.4. The maximum absolute atomic E-state index is 4.27. The Labute approximate surface area is 96.3 Å². The molecule has 0 fully saturated rings. The maximum atomic E-state index is 4.27. The van der Waals surface area contributed by atoms with Crippen LogP contribution in [0.2, 0.25) is 0 Å². The Hall–Kier alpha value is -0.650. The lowest BCUT2D eigenvalue weighted by Gasteiger charge is -2.00. The Morgan fingerprint density at radius 1 is 1.40 bits per heavy atom. The minimum Gasteiger partial charge on any atom is -0.318 e. The molecule has 0 heterocycles. The molecule has 0 aromatic carbocycles. The second kappa shape index (κ2) is 11.4. The summed E-state index contributed by atoms with van der Waals surface area (Å²) >= 11 is 1.61. The third-order valence-corrected chi connectivity index (χ3v) is 2.32. The van der Waals surface area contributed by atoms with Gasteiger partial charge in [0.2, 0.25) is 0 Å². The van der Waals surface area contributed by atoms with Gasteiger partial charge in [-0.2, -0.15) is 0 Å². The predicted octanol–water partition coefficient (Wildman–Crippen LogP) is 0.771. The molecule has 0 aliphatic rings. The summed E-state index contributed by atoms with van der Waals surface area (Å²) in [6.45, 7) is 7.06. The van der Waals surface area contributed by atoms with Crippen molar-refractivity contribution in [2.75, 3.05) is 39.5 Å². The van der Waals surface area contributed by atoms with Crippen molar-refractivity contribution in [1.82, 2.24) is 10.6 Å². The van der Waals surface area contributed by atoms with E-state index in [0.717, 1.165) is 31.1 Å². The molecule has 2 N–H and O–H groups in total. The first-order valence-corrected chi connectivity index (χ1v) is 6.12. The highest BCUT2D eigenvalue weighted by molar-refractivity contribution is 8.03. The molecular weight excluding hydrogens is 208 g/mol. The number of thioether (sulfide) groups is 1. The normalized spacial score (nSPS) is 12.3. The summed E-state index contributed by atoms with van der Waals surface area (Å²) in [6.07, 6.45) is 5.54. The molecule has 5 heteroatoms. The van der Waals surface area contributed by atoms with Crippen LogP contribution < -0.4 is 10.6 Å². The second-order valence-corrected chi connectivity index (χ2v) is 3.69. The fourth-order valence-corrected chi connectivity index (χ4v) is 1.23. The molecule has 0 aliphatic heterocycles. The van der Waals surface area contributed by atoms with Crippen LogP contribution in [0.5, 0.6) is 0 Å². The van der Waals surface area contributed by atoms with E-state index in [1.807, 2.05) is 19.5 Å². The number of rotatable bonds is 9. The van der Waals surface area contributed by atoms with E-state index in [9.17, 15) is 0 Å². The first kappa shape index (κ1) is 14.3. The van der Waals surface area contributed by atoms with Crippen molar-refractivity contribution in [2.45, 2.75) is 0 Å². The van der Waals surface area contributed by atoms with Crippen LogP contribution in [0.1, 0.15) is 0 Å². The SMILES string of the molecule is C=N/C=C(\C=N/CCNCCNC)SC. The van der Waals surface area contributed by atoms with Crippen molar-refractivity contribution in [3.63, 3.8) is 0 Å². The Balaban J connectivity index is 3.52. The van der Waals surface area contributed by atoms with Crippen LogP contribution in [0.3, 0.4) is 0 Å². The summed E-state index contributed by atoms with van der Waals surface area (Å²) in [5, 5.41) is 6.34. The van der Waals surface area contributed by atoms with Gasteiger partial charge in [0.05, 0.1) is 6.54 Å². The smallest absolute Gasteiger partial charge is 0.0514 e. The molecule has 15 heavy (non-hydrogen) atoms. The Bertz CT molecular complexity index is 213. The third-order valence-electron chi connectivity index (χ3n) is 1.64. The summed E-state index contributed by atoms with van der Waals surface area (Å²) in [5.74, 6) is 0. The Kier molecular flexibility index (Phi) is 10.9. The number of nitrogens with zero attached hydrogens (tertiary/aromatic N) is 2. The first-order valence-electron chi connectivity index (χ1n) is 4.90. The van der Waals surface area contributed by atoms with E-state index in [0.29, 0.717) is 0 Å². The van der Waals surface area contributed by atoms with Crippen molar-refractivity contribution < 1.29 is 0 Å². The Morgan fingerprint density at radius 3 is 2.80 bits per heavy atom. The van der Waals surface area contributed by atoms with Gasteiger partial charge in [-0.05, 0) is 20.0 Å². The van der Waals surface area contributed by atoms with Crippen LogP contribution in [0.15, 0.2) is 21.1 Å². The number of allylic oxidation sites excluding steroid dienone is 1. The van der Waals surface area contributed by atoms with Gasteiger partial charge in [0.25, 0.3) is 0 Å². The molecule has 0 saturated carbocycles. The molecule has 4 nitrogen and oxygen atoms in total. The van der Waals surface area contributed by atoms with E-state index in [2.05, 4.69) is 27.3 Å². The molecule has 0 aromatic rings. The van der Waals surface area contributed by atoms with E-state index < -0.39 is 0 Å². The average molecular weight is 228 g/mol. The number of hydrogen-bond donors (Lipinski definition) is 2. The fraction of sp³-hybridized carbons (Fsp3) is 0.600. The van der Waals surface area contributed by atoms with Crippen LogP contribution in [-0.2, 0) is 0 Å². The zero-order valence-electron chi connectivity index (χ0n) is 9.49. The molecule has 0 spiro atoms.